The smallest absolute Gasteiger partial charge is 0.435 e. The number of alkyl halides is 3. The maximum atomic E-state index is 13.4. The van der Waals surface area contributed by atoms with Crippen LogP contribution in [0.25, 0.3) is 11.1 Å². The molecule has 2 aliphatic rings. The molecule has 36 heavy (non-hydrogen) atoms. The van der Waals surface area contributed by atoms with Gasteiger partial charge in [-0.25, -0.2) is 4.79 Å². The molecule has 0 bridgehead atoms. The summed E-state index contributed by atoms with van der Waals surface area (Å²) >= 11 is 0. The van der Waals surface area contributed by atoms with E-state index >= 15 is 0 Å². The topological polar surface area (TPSA) is 106 Å². The second-order valence-corrected chi connectivity index (χ2v) is 8.64. The fraction of sp³-hybridized carbons (Fsp3) is 0.250. The quantitative estimate of drug-likeness (QED) is 0.526. The molecule has 2 N–H and O–H groups in total. The molecule has 1 fully saturated rings. The summed E-state index contributed by atoms with van der Waals surface area (Å²) in [4.78, 5) is 39.7. The van der Waals surface area contributed by atoms with Gasteiger partial charge < -0.3 is 15.0 Å². The van der Waals surface area contributed by atoms with E-state index < -0.39 is 29.3 Å². The Balaban J connectivity index is 1.49. The highest BCUT2D eigenvalue weighted by molar-refractivity contribution is 6.08. The average molecular weight is 499 g/mol. The summed E-state index contributed by atoms with van der Waals surface area (Å²) in [5, 5.41) is 8.34. The van der Waals surface area contributed by atoms with Crippen LogP contribution >= 0.6 is 0 Å². The number of carbonyl (C=O) groups is 3. The van der Waals surface area contributed by atoms with Gasteiger partial charge in [0.1, 0.15) is 5.75 Å². The summed E-state index contributed by atoms with van der Waals surface area (Å²) in [5.41, 5.74) is -1.06. The lowest BCUT2D eigenvalue weighted by molar-refractivity contribution is -0.141. The number of nitrogens with one attached hydrogen (secondary N) is 2. The van der Waals surface area contributed by atoms with E-state index in [4.69, 9.17) is 4.74 Å². The molecule has 0 unspecified atom stereocenters. The lowest BCUT2D eigenvalue weighted by atomic mass is 9.88. The van der Waals surface area contributed by atoms with E-state index in [0.717, 1.165) is 10.2 Å². The fourth-order valence-corrected chi connectivity index (χ4v) is 4.62. The lowest BCUT2D eigenvalue weighted by Crippen LogP contribution is -2.52. The summed E-state index contributed by atoms with van der Waals surface area (Å²) in [6, 6.07) is 10.1. The predicted molar refractivity (Wildman–Crippen MR) is 120 cm³/mol. The predicted octanol–water partition coefficient (Wildman–Crippen LogP) is 2.81. The number of aromatic nitrogens is 2. The van der Waals surface area contributed by atoms with Crippen molar-refractivity contribution in [3.05, 3.63) is 71.0 Å². The van der Waals surface area contributed by atoms with Crippen LogP contribution in [0.3, 0.4) is 0 Å². The SMILES string of the molecule is COc1ccc2c(c1)C(=O)N(C[C@@]1(c3ccc(-c4cn(C)nc4C(F)(F)F)cc3)NC(=O)NC1=O)C2. The Bertz CT molecular complexity index is 1400. The maximum Gasteiger partial charge on any atom is 0.435 e. The number of imide groups is 1. The van der Waals surface area contributed by atoms with Crippen molar-refractivity contribution in [1.29, 1.82) is 0 Å². The van der Waals surface area contributed by atoms with Crippen molar-refractivity contribution in [3.8, 4) is 16.9 Å². The average Bonchev–Trinajstić information content (AvgIpc) is 3.47. The van der Waals surface area contributed by atoms with Crippen LogP contribution in [0.15, 0.2) is 48.7 Å². The minimum Gasteiger partial charge on any atom is -0.497 e. The number of halogens is 3. The first-order valence-corrected chi connectivity index (χ1v) is 10.8. The van der Waals surface area contributed by atoms with Gasteiger partial charge >= 0.3 is 12.2 Å². The molecular weight excluding hydrogens is 479 g/mol. The number of amides is 4. The van der Waals surface area contributed by atoms with Gasteiger partial charge in [-0.2, -0.15) is 18.3 Å². The maximum absolute atomic E-state index is 13.4. The Morgan fingerprint density at radius 1 is 1.08 bits per heavy atom. The van der Waals surface area contributed by atoms with Crippen LogP contribution in [-0.4, -0.2) is 46.2 Å². The Hall–Kier alpha value is -4.35. The van der Waals surface area contributed by atoms with E-state index in [1.54, 1.807) is 18.2 Å². The Morgan fingerprint density at radius 3 is 2.42 bits per heavy atom. The van der Waals surface area contributed by atoms with Gasteiger partial charge in [0.25, 0.3) is 11.8 Å². The minimum absolute atomic E-state index is 0.121. The van der Waals surface area contributed by atoms with E-state index in [1.807, 2.05) is 0 Å². The number of rotatable bonds is 5. The summed E-state index contributed by atoms with van der Waals surface area (Å²) in [6.07, 6.45) is -3.39. The normalized spacial score (nSPS) is 19.4. The number of hydrogen-bond donors (Lipinski definition) is 2. The number of nitrogens with zero attached hydrogens (tertiary/aromatic N) is 3. The minimum atomic E-state index is -4.65. The van der Waals surface area contributed by atoms with Crippen molar-refractivity contribution in [2.75, 3.05) is 13.7 Å². The molecule has 9 nitrogen and oxygen atoms in total. The van der Waals surface area contributed by atoms with Gasteiger partial charge in [-0.05, 0) is 28.8 Å². The lowest BCUT2D eigenvalue weighted by Gasteiger charge is -2.31. The van der Waals surface area contributed by atoms with E-state index in [2.05, 4.69) is 15.7 Å². The Labute approximate surface area is 202 Å². The highest BCUT2D eigenvalue weighted by Gasteiger charge is 2.50. The first kappa shape index (κ1) is 23.4. The van der Waals surface area contributed by atoms with Crippen molar-refractivity contribution in [2.45, 2.75) is 18.3 Å². The third kappa shape index (κ3) is 3.74. The van der Waals surface area contributed by atoms with Gasteiger partial charge in [0.15, 0.2) is 11.2 Å². The standard InChI is InChI=1S/C24H20F3N5O4/c1-31-11-18(19(30-31)24(25,26)27)13-3-6-15(7-4-13)23(21(34)28-22(35)29-23)12-32-10-14-5-8-16(36-2)9-17(14)20(32)33/h3-9,11H,10,12H2,1-2H3,(H2,28,29,34,35)/t23-/m0/s1. The van der Waals surface area contributed by atoms with Gasteiger partial charge in [-0.1, -0.05) is 30.3 Å². The number of urea groups is 1. The molecule has 1 atom stereocenters. The van der Waals surface area contributed by atoms with Crippen molar-refractivity contribution in [3.63, 3.8) is 0 Å². The van der Waals surface area contributed by atoms with Gasteiger partial charge in [-0.15, -0.1) is 0 Å². The molecule has 4 amide bonds. The number of benzene rings is 2. The monoisotopic (exact) mass is 499 g/mol. The Kier molecular flexibility index (Phi) is 5.27. The van der Waals surface area contributed by atoms with Crippen LogP contribution in [0, 0.1) is 0 Å². The number of hydrogen-bond acceptors (Lipinski definition) is 5. The third-order valence-corrected chi connectivity index (χ3v) is 6.35. The highest BCUT2D eigenvalue weighted by Crippen LogP contribution is 2.37. The second-order valence-electron chi connectivity index (χ2n) is 8.64. The molecule has 5 rings (SSSR count). The van der Waals surface area contributed by atoms with Crippen LogP contribution in [-0.2, 0) is 30.1 Å². The summed E-state index contributed by atoms with van der Waals surface area (Å²) in [7, 11) is 2.88. The van der Waals surface area contributed by atoms with E-state index in [0.29, 0.717) is 16.9 Å². The summed E-state index contributed by atoms with van der Waals surface area (Å²) < 4.78 is 46.6. The van der Waals surface area contributed by atoms with Crippen LogP contribution < -0.4 is 15.4 Å². The largest absolute Gasteiger partial charge is 0.497 e. The van der Waals surface area contributed by atoms with Crippen LogP contribution in [0.4, 0.5) is 18.0 Å². The zero-order valence-electron chi connectivity index (χ0n) is 19.1. The van der Waals surface area contributed by atoms with Crippen molar-refractivity contribution in [2.24, 2.45) is 7.05 Å². The molecule has 12 heteroatoms. The van der Waals surface area contributed by atoms with Crippen molar-refractivity contribution in [1.82, 2.24) is 25.3 Å². The third-order valence-electron chi connectivity index (χ3n) is 6.35. The van der Waals surface area contributed by atoms with E-state index in [1.165, 1.54) is 49.5 Å². The second kappa shape index (κ2) is 8.11. The van der Waals surface area contributed by atoms with Crippen LogP contribution in [0.2, 0.25) is 0 Å². The summed E-state index contributed by atoms with van der Waals surface area (Å²) in [5.74, 6) is -0.493. The molecule has 0 radical (unpaired) electrons. The van der Waals surface area contributed by atoms with Crippen LogP contribution in [0.5, 0.6) is 5.75 Å². The highest BCUT2D eigenvalue weighted by atomic mass is 19.4. The molecule has 3 aromatic rings. The number of carbonyl (C=O) groups excluding carboxylic acids is 3. The number of methoxy groups -OCH3 is 1. The molecule has 1 aromatic heterocycles. The van der Waals surface area contributed by atoms with Gasteiger partial charge in [0.05, 0.1) is 13.7 Å². The molecule has 2 aliphatic heterocycles. The number of aryl methyl sites for hydroxylation is 1. The molecule has 0 saturated carbocycles. The van der Waals surface area contributed by atoms with Crippen molar-refractivity contribution >= 4 is 17.8 Å². The molecular formula is C24H20F3N5O4. The van der Waals surface area contributed by atoms with Gasteiger partial charge in [-0.3, -0.25) is 19.6 Å². The number of fused-ring (bicyclic) bond motifs is 1. The zero-order valence-corrected chi connectivity index (χ0v) is 19.1. The van der Waals surface area contributed by atoms with E-state index in [9.17, 15) is 27.6 Å². The van der Waals surface area contributed by atoms with Crippen LogP contribution in [0.1, 0.15) is 27.2 Å². The first-order valence-electron chi connectivity index (χ1n) is 10.8. The zero-order chi connectivity index (χ0) is 25.8. The molecule has 0 aliphatic carbocycles. The van der Waals surface area contributed by atoms with Gasteiger partial charge in [0.2, 0.25) is 0 Å². The molecule has 0 spiro atoms. The summed E-state index contributed by atoms with van der Waals surface area (Å²) in [6.45, 7) is 0.0339. The molecule has 3 heterocycles. The van der Waals surface area contributed by atoms with Crippen molar-refractivity contribution < 1.29 is 32.3 Å². The van der Waals surface area contributed by atoms with E-state index in [-0.39, 0.29) is 30.1 Å². The fourth-order valence-electron chi connectivity index (χ4n) is 4.62. The molecule has 2 aromatic carbocycles. The molecule has 186 valence electrons. The molecule has 1 saturated heterocycles. The first-order chi connectivity index (χ1) is 17.0. The van der Waals surface area contributed by atoms with Gasteiger partial charge in [0, 0.05) is 30.9 Å². The number of ether oxygens (including phenoxy) is 1. The Morgan fingerprint density at radius 2 is 1.81 bits per heavy atom.